The first-order valence-electron chi connectivity index (χ1n) is 4.73. The Balaban J connectivity index is 2.15. The molecule has 80 valence electrons. The van der Waals surface area contributed by atoms with Crippen LogP contribution in [0.2, 0.25) is 0 Å². The lowest BCUT2D eigenvalue weighted by Gasteiger charge is -2.10. The van der Waals surface area contributed by atoms with Crippen LogP contribution in [-0.4, -0.2) is 26.3 Å². The van der Waals surface area contributed by atoms with E-state index in [2.05, 4.69) is 24.4 Å². The summed E-state index contributed by atoms with van der Waals surface area (Å²) in [6.45, 7) is 4.42. The number of aryl methyl sites for hydroxylation is 1. The number of nitrogens with one attached hydrogen (secondary N) is 1. The van der Waals surface area contributed by atoms with Gasteiger partial charge in [0.1, 0.15) is 0 Å². The molecule has 0 fully saturated rings. The van der Waals surface area contributed by atoms with Crippen molar-refractivity contribution in [2.24, 2.45) is 5.73 Å². The third-order valence-corrected chi connectivity index (χ3v) is 2.88. The molecule has 0 spiro atoms. The summed E-state index contributed by atoms with van der Waals surface area (Å²) in [4.78, 5) is 2.70. The Bertz CT molecular complexity index is 262. The van der Waals surface area contributed by atoms with Gasteiger partial charge in [0.15, 0.2) is 0 Å². The fourth-order valence-corrected chi connectivity index (χ4v) is 2.09. The van der Waals surface area contributed by atoms with E-state index >= 15 is 0 Å². The van der Waals surface area contributed by atoms with Crippen molar-refractivity contribution in [1.82, 2.24) is 5.32 Å². The van der Waals surface area contributed by atoms with Crippen LogP contribution in [0.3, 0.4) is 0 Å². The van der Waals surface area contributed by atoms with Gasteiger partial charge >= 0.3 is 0 Å². The van der Waals surface area contributed by atoms with Crippen molar-refractivity contribution in [2.45, 2.75) is 19.5 Å². The molecular weight excluding hydrogens is 196 g/mol. The third-order valence-electron chi connectivity index (χ3n) is 1.88. The number of hydrogen-bond donors (Lipinski definition) is 2. The summed E-state index contributed by atoms with van der Waals surface area (Å²) in [6, 6.07) is 4.37. The number of nitrogens with two attached hydrogens (primary N) is 1. The SMILES string of the molecule is COCC(N)CNCc1ccc(C)s1. The van der Waals surface area contributed by atoms with Crippen LogP contribution in [0, 0.1) is 6.92 Å². The summed E-state index contributed by atoms with van der Waals surface area (Å²) in [5.41, 5.74) is 5.77. The van der Waals surface area contributed by atoms with Gasteiger partial charge in [0.25, 0.3) is 0 Å². The molecule has 1 heterocycles. The maximum atomic E-state index is 5.77. The topological polar surface area (TPSA) is 47.3 Å². The quantitative estimate of drug-likeness (QED) is 0.746. The highest BCUT2D eigenvalue weighted by atomic mass is 32.1. The summed E-state index contributed by atoms with van der Waals surface area (Å²) in [5, 5.41) is 3.30. The maximum Gasteiger partial charge on any atom is 0.0626 e. The summed E-state index contributed by atoms with van der Waals surface area (Å²) in [7, 11) is 1.67. The van der Waals surface area contributed by atoms with Gasteiger partial charge in [-0.3, -0.25) is 0 Å². The van der Waals surface area contributed by atoms with Crippen molar-refractivity contribution >= 4 is 11.3 Å². The lowest BCUT2D eigenvalue weighted by atomic mass is 10.3. The Hall–Kier alpha value is -0.420. The molecule has 0 radical (unpaired) electrons. The predicted octanol–water partition coefficient (Wildman–Crippen LogP) is 1.12. The first kappa shape index (κ1) is 11.7. The van der Waals surface area contributed by atoms with Gasteiger partial charge in [0, 0.05) is 36.0 Å². The smallest absolute Gasteiger partial charge is 0.0626 e. The monoisotopic (exact) mass is 214 g/mol. The van der Waals surface area contributed by atoms with Crippen molar-refractivity contribution in [3.05, 3.63) is 21.9 Å². The van der Waals surface area contributed by atoms with Gasteiger partial charge in [-0.1, -0.05) is 0 Å². The minimum atomic E-state index is 0.0843. The molecule has 1 atom stereocenters. The average molecular weight is 214 g/mol. The number of hydrogen-bond acceptors (Lipinski definition) is 4. The van der Waals surface area contributed by atoms with Gasteiger partial charge in [-0.25, -0.2) is 0 Å². The maximum absolute atomic E-state index is 5.77. The standard InChI is InChI=1S/C10H18N2OS/c1-8-3-4-10(14-8)6-12-5-9(11)7-13-2/h3-4,9,12H,5-7,11H2,1-2H3. The molecule has 0 saturated heterocycles. The highest BCUT2D eigenvalue weighted by molar-refractivity contribution is 7.11. The molecule has 3 nitrogen and oxygen atoms in total. The molecule has 0 aliphatic heterocycles. The van der Waals surface area contributed by atoms with Gasteiger partial charge in [-0.15, -0.1) is 11.3 Å². The van der Waals surface area contributed by atoms with Gasteiger partial charge in [-0.05, 0) is 19.1 Å². The van der Waals surface area contributed by atoms with E-state index in [0.717, 1.165) is 13.1 Å². The lowest BCUT2D eigenvalue weighted by molar-refractivity contribution is 0.179. The Labute approximate surface area is 89.3 Å². The van der Waals surface area contributed by atoms with Crippen LogP contribution in [-0.2, 0) is 11.3 Å². The van der Waals surface area contributed by atoms with E-state index in [9.17, 15) is 0 Å². The van der Waals surface area contributed by atoms with Crippen LogP contribution in [0.1, 0.15) is 9.75 Å². The first-order valence-corrected chi connectivity index (χ1v) is 5.54. The molecule has 14 heavy (non-hydrogen) atoms. The molecule has 0 amide bonds. The number of thiophene rings is 1. The fourth-order valence-electron chi connectivity index (χ4n) is 1.23. The molecule has 0 aromatic carbocycles. The zero-order valence-electron chi connectivity index (χ0n) is 8.75. The molecule has 4 heteroatoms. The van der Waals surface area contributed by atoms with Crippen LogP contribution in [0.15, 0.2) is 12.1 Å². The Morgan fingerprint density at radius 1 is 1.57 bits per heavy atom. The Kier molecular flexibility index (Phi) is 5.11. The molecule has 1 rings (SSSR count). The first-order chi connectivity index (χ1) is 6.72. The highest BCUT2D eigenvalue weighted by Crippen LogP contribution is 2.14. The second-order valence-electron chi connectivity index (χ2n) is 3.36. The van der Waals surface area contributed by atoms with Crippen molar-refractivity contribution in [3.8, 4) is 0 Å². The molecule has 0 aliphatic carbocycles. The zero-order valence-corrected chi connectivity index (χ0v) is 9.56. The molecule has 1 unspecified atom stereocenters. The predicted molar refractivity (Wildman–Crippen MR) is 60.6 cm³/mol. The second kappa shape index (κ2) is 6.14. The minimum Gasteiger partial charge on any atom is -0.383 e. The van der Waals surface area contributed by atoms with Gasteiger partial charge < -0.3 is 15.8 Å². The molecule has 0 bridgehead atoms. The van der Waals surface area contributed by atoms with Crippen LogP contribution >= 0.6 is 11.3 Å². The van der Waals surface area contributed by atoms with Crippen LogP contribution < -0.4 is 11.1 Å². The van der Waals surface area contributed by atoms with Crippen molar-refractivity contribution in [1.29, 1.82) is 0 Å². The minimum absolute atomic E-state index is 0.0843. The number of rotatable bonds is 6. The van der Waals surface area contributed by atoms with E-state index in [1.54, 1.807) is 7.11 Å². The molecule has 1 aromatic rings. The summed E-state index contributed by atoms with van der Waals surface area (Å²) in [6.07, 6.45) is 0. The molecule has 3 N–H and O–H groups in total. The Morgan fingerprint density at radius 3 is 2.93 bits per heavy atom. The van der Waals surface area contributed by atoms with E-state index in [-0.39, 0.29) is 6.04 Å². The van der Waals surface area contributed by atoms with Gasteiger partial charge in [0.2, 0.25) is 0 Å². The lowest BCUT2D eigenvalue weighted by Crippen LogP contribution is -2.36. The molecule has 0 saturated carbocycles. The van der Waals surface area contributed by atoms with E-state index < -0.39 is 0 Å². The fraction of sp³-hybridized carbons (Fsp3) is 0.600. The van der Waals surface area contributed by atoms with Crippen molar-refractivity contribution < 1.29 is 4.74 Å². The van der Waals surface area contributed by atoms with Crippen LogP contribution in [0.5, 0.6) is 0 Å². The largest absolute Gasteiger partial charge is 0.383 e. The van der Waals surface area contributed by atoms with E-state index in [1.807, 2.05) is 11.3 Å². The van der Waals surface area contributed by atoms with E-state index in [4.69, 9.17) is 10.5 Å². The van der Waals surface area contributed by atoms with E-state index in [0.29, 0.717) is 6.61 Å². The van der Waals surface area contributed by atoms with Crippen molar-refractivity contribution in [2.75, 3.05) is 20.3 Å². The average Bonchev–Trinajstić information content (AvgIpc) is 2.52. The normalized spacial score (nSPS) is 13.1. The van der Waals surface area contributed by atoms with E-state index in [1.165, 1.54) is 9.75 Å². The molecule has 0 aliphatic rings. The van der Waals surface area contributed by atoms with Crippen LogP contribution in [0.25, 0.3) is 0 Å². The summed E-state index contributed by atoms with van der Waals surface area (Å²) < 4.78 is 4.95. The molecular formula is C10H18N2OS. The number of ether oxygens (including phenoxy) is 1. The number of methoxy groups -OCH3 is 1. The Morgan fingerprint density at radius 2 is 2.36 bits per heavy atom. The molecule has 1 aromatic heterocycles. The third kappa shape index (κ3) is 4.19. The summed E-state index contributed by atoms with van der Waals surface area (Å²) in [5.74, 6) is 0. The summed E-state index contributed by atoms with van der Waals surface area (Å²) >= 11 is 1.82. The van der Waals surface area contributed by atoms with Gasteiger partial charge in [-0.2, -0.15) is 0 Å². The van der Waals surface area contributed by atoms with Crippen molar-refractivity contribution in [3.63, 3.8) is 0 Å². The van der Waals surface area contributed by atoms with Crippen LogP contribution in [0.4, 0.5) is 0 Å². The highest BCUT2D eigenvalue weighted by Gasteiger charge is 2.01. The second-order valence-corrected chi connectivity index (χ2v) is 4.73. The van der Waals surface area contributed by atoms with Gasteiger partial charge in [0.05, 0.1) is 6.61 Å². The zero-order chi connectivity index (χ0) is 10.4.